The van der Waals surface area contributed by atoms with Gasteiger partial charge in [0.25, 0.3) is 5.91 Å². The molecule has 1 atom stereocenters. The van der Waals surface area contributed by atoms with E-state index in [4.69, 9.17) is 0 Å². The van der Waals surface area contributed by atoms with Crippen LogP contribution in [-0.2, 0) is 13.1 Å². The molecule has 0 aromatic heterocycles. The van der Waals surface area contributed by atoms with E-state index in [1.807, 2.05) is 49.4 Å². The molecule has 0 spiro atoms. The predicted octanol–water partition coefficient (Wildman–Crippen LogP) is 3.70. The maximum absolute atomic E-state index is 12.3. The number of halogens is 1. The molecule has 2 rings (SSSR count). The van der Waals surface area contributed by atoms with Crippen molar-refractivity contribution in [3.63, 3.8) is 0 Å². The van der Waals surface area contributed by atoms with Crippen molar-refractivity contribution in [2.75, 3.05) is 7.05 Å². The first-order valence-corrected chi connectivity index (χ1v) is 9.00. The van der Waals surface area contributed by atoms with E-state index in [1.54, 1.807) is 7.05 Å². The van der Waals surface area contributed by atoms with Crippen LogP contribution in [0.3, 0.4) is 0 Å². The van der Waals surface area contributed by atoms with Crippen LogP contribution in [0.1, 0.15) is 41.8 Å². The number of rotatable bonds is 7. The monoisotopic (exact) mass is 480 g/mol. The fourth-order valence-electron chi connectivity index (χ4n) is 2.42. The average molecular weight is 480 g/mol. The quantitative estimate of drug-likeness (QED) is 0.322. The summed E-state index contributed by atoms with van der Waals surface area (Å²) in [5.41, 5.74) is 2.90. The lowest BCUT2D eigenvalue weighted by Gasteiger charge is -2.14. The fourth-order valence-corrected chi connectivity index (χ4v) is 2.42. The number of carbonyl (C=O) groups is 1. The van der Waals surface area contributed by atoms with Crippen molar-refractivity contribution in [2.45, 2.75) is 39.4 Å². The SMILES string of the molecule is CCC(C)NC(=O)c1cccc(CNC(=NC)NCc2ccccc2)c1.I. The first kappa shape index (κ1) is 23.0. The van der Waals surface area contributed by atoms with Gasteiger partial charge in [-0.1, -0.05) is 49.4 Å². The third-order valence-electron chi connectivity index (χ3n) is 4.17. The van der Waals surface area contributed by atoms with Gasteiger partial charge in [0.05, 0.1) is 0 Å². The van der Waals surface area contributed by atoms with E-state index in [2.05, 4.69) is 40.0 Å². The lowest BCUT2D eigenvalue weighted by atomic mass is 10.1. The van der Waals surface area contributed by atoms with E-state index in [1.165, 1.54) is 5.56 Å². The Bertz CT molecular complexity index is 734. The van der Waals surface area contributed by atoms with Crippen molar-refractivity contribution in [2.24, 2.45) is 4.99 Å². The summed E-state index contributed by atoms with van der Waals surface area (Å²) in [6, 6.07) is 18.0. The number of benzene rings is 2. The number of nitrogens with one attached hydrogen (secondary N) is 3. The Morgan fingerprint density at radius 3 is 2.26 bits per heavy atom. The van der Waals surface area contributed by atoms with E-state index < -0.39 is 0 Å². The molecule has 0 saturated heterocycles. The Kier molecular flexibility index (Phi) is 10.5. The van der Waals surface area contributed by atoms with Crippen LogP contribution in [0.4, 0.5) is 0 Å². The minimum Gasteiger partial charge on any atom is -0.352 e. The number of nitrogens with zero attached hydrogens (tertiary/aromatic N) is 1. The third-order valence-corrected chi connectivity index (χ3v) is 4.17. The first-order valence-electron chi connectivity index (χ1n) is 9.00. The van der Waals surface area contributed by atoms with Crippen molar-refractivity contribution in [1.29, 1.82) is 0 Å². The molecule has 0 fully saturated rings. The Morgan fingerprint density at radius 1 is 1.00 bits per heavy atom. The standard InChI is InChI=1S/C21H28N4O.HI/c1-4-16(2)25-20(26)19-12-8-11-18(13-19)15-24-21(22-3)23-14-17-9-6-5-7-10-17;/h5-13,16H,4,14-15H2,1-3H3,(H,25,26)(H2,22,23,24);1H. The first-order chi connectivity index (χ1) is 12.6. The van der Waals surface area contributed by atoms with E-state index >= 15 is 0 Å². The van der Waals surface area contributed by atoms with E-state index in [0.717, 1.165) is 17.9 Å². The molecule has 27 heavy (non-hydrogen) atoms. The molecule has 0 bridgehead atoms. The summed E-state index contributed by atoms with van der Waals surface area (Å²) in [7, 11) is 1.75. The van der Waals surface area contributed by atoms with Crippen LogP contribution < -0.4 is 16.0 Å². The van der Waals surface area contributed by atoms with Crippen LogP contribution >= 0.6 is 24.0 Å². The van der Waals surface area contributed by atoms with Crippen molar-refractivity contribution in [3.05, 3.63) is 71.3 Å². The second kappa shape index (κ2) is 12.3. The van der Waals surface area contributed by atoms with Crippen LogP contribution in [0.15, 0.2) is 59.6 Å². The molecule has 1 amide bonds. The molecule has 2 aromatic carbocycles. The van der Waals surface area contributed by atoms with Gasteiger partial charge < -0.3 is 16.0 Å². The van der Waals surface area contributed by atoms with Gasteiger partial charge in [-0.05, 0) is 36.6 Å². The fraction of sp³-hybridized carbons (Fsp3) is 0.333. The van der Waals surface area contributed by atoms with Gasteiger partial charge in [0.2, 0.25) is 0 Å². The van der Waals surface area contributed by atoms with Crippen LogP contribution in [0.25, 0.3) is 0 Å². The normalized spacial score (nSPS) is 11.9. The summed E-state index contributed by atoms with van der Waals surface area (Å²) < 4.78 is 0. The third kappa shape index (κ3) is 7.99. The average Bonchev–Trinajstić information content (AvgIpc) is 2.69. The van der Waals surface area contributed by atoms with Crippen LogP contribution in [0, 0.1) is 0 Å². The summed E-state index contributed by atoms with van der Waals surface area (Å²) >= 11 is 0. The van der Waals surface area contributed by atoms with Crippen molar-refractivity contribution < 1.29 is 4.79 Å². The maximum atomic E-state index is 12.3. The molecule has 0 aliphatic heterocycles. The van der Waals surface area contributed by atoms with E-state index in [-0.39, 0.29) is 35.9 Å². The lowest BCUT2D eigenvalue weighted by Crippen LogP contribution is -2.36. The molecule has 0 heterocycles. The van der Waals surface area contributed by atoms with Crippen LogP contribution in [-0.4, -0.2) is 25.0 Å². The highest BCUT2D eigenvalue weighted by atomic mass is 127. The van der Waals surface area contributed by atoms with Gasteiger partial charge in [0.15, 0.2) is 5.96 Å². The van der Waals surface area contributed by atoms with Crippen LogP contribution in [0.2, 0.25) is 0 Å². The summed E-state index contributed by atoms with van der Waals surface area (Å²) in [6.45, 7) is 5.36. The summed E-state index contributed by atoms with van der Waals surface area (Å²) in [4.78, 5) is 16.5. The summed E-state index contributed by atoms with van der Waals surface area (Å²) in [5.74, 6) is 0.691. The molecule has 6 heteroatoms. The highest BCUT2D eigenvalue weighted by molar-refractivity contribution is 14.0. The van der Waals surface area contributed by atoms with Crippen molar-refractivity contribution >= 4 is 35.8 Å². The van der Waals surface area contributed by atoms with Gasteiger partial charge in [0.1, 0.15) is 0 Å². The Balaban J connectivity index is 0.00000364. The molecule has 0 aliphatic carbocycles. The summed E-state index contributed by atoms with van der Waals surface area (Å²) in [6.07, 6.45) is 0.913. The molecule has 3 N–H and O–H groups in total. The lowest BCUT2D eigenvalue weighted by molar-refractivity contribution is 0.0939. The smallest absolute Gasteiger partial charge is 0.251 e. The molecule has 146 valence electrons. The summed E-state index contributed by atoms with van der Waals surface area (Å²) in [5, 5.41) is 9.56. The number of hydrogen-bond acceptors (Lipinski definition) is 2. The topological polar surface area (TPSA) is 65.5 Å². The number of aliphatic imine (C=N–C) groups is 1. The zero-order valence-electron chi connectivity index (χ0n) is 16.2. The highest BCUT2D eigenvalue weighted by Gasteiger charge is 2.09. The van der Waals surface area contributed by atoms with Gasteiger partial charge in [-0.2, -0.15) is 0 Å². The van der Waals surface area contributed by atoms with Crippen molar-refractivity contribution in [3.8, 4) is 0 Å². The zero-order valence-corrected chi connectivity index (χ0v) is 18.5. The Morgan fingerprint density at radius 2 is 1.63 bits per heavy atom. The highest BCUT2D eigenvalue weighted by Crippen LogP contribution is 2.06. The number of hydrogen-bond donors (Lipinski definition) is 3. The second-order valence-corrected chi connectivity index (χ2v) is 6.25. The van der Waals surface area contributed by atoms with Crippen molar-refractivity contribution in [1.82, 2.24) is 16.0 Å². The number of carbonyl (C=O) groups excluding carboxylic acids is 1. The second-order valence-electron chi connectivity index (χ2n) is 6.25. The van der Waals surface area contributed by atoms with Crippen LogP contribution in [0.5, 0.6) is 0 Å². The Hall–Kier alpha value is -2.09. The Labute approximate surface area is 179 Å². The van der Waals surface area contributed by atoms with E-state index in [9.17, 15) is 4.79 Å². The molecule has 0 aliphatic rings. The van der Waals surface area contributed by atoms with Gasteiger partial charge in [-0.25, -0.2) is 0 Å². The molecule has 5 nitrogen and oxygen atoms in total. The van der Waals surface area contributed by atoms with Gasteiger partial charge >= 0.3 is 0 Å². The molecule has 0 radical (unpaired) electrons. The molecule has 1 unspecified atom stereocenters. The minimum atomic E-state index is -0.0345. The maximum Gasteiger partial charge on any atom is 0.251 e. The predicted molar refractivity (Wildman–Crippen MR) is 123 cm³/mol. The largest absolute Gasteiger partial charge is 0.352 e. The molecular weight excluding hydrogens is 451 g/mol. The number of guanidine groups is 1. The van der Waals surface area contributed by atoms with Gasteiger partial charge in [0, 0.05) is 31.7 Å². The van der Waals surface area contributed by atoms with Gasteiger partial charge in [-0.15, -0.1) is 24.0 Å². The zero-order chi connectivity index (χ0) is 18.8. The molecule has 2 aromatic rings. The van der Waals surface area contributed by atoms with E-state index in [0.29, 0.717) is 18.7 Å². The van der Waals surface area contributed by atoms with Gasteiger partial charge in [-0.3, -0.25) is 9.79 Å². The molecular formula is C21H29IN4O. The minimum absolute atomic E-state index is 0. The molecule has 0 saturated carbocycles. The number of amides is 1.